The van der Waals surface area contributed by atoms with E-state index in [1.54, 1.807) is 6.07 Å². The van der Waals surface area contributed by atoms with Crippen LogP contribution in [0.25, 0.3) is 11.0 Å². The highest BCUT2D eigenvalue weighted by Gasteiger charge is 2.45. The average Bonchev–Trinajstić information content (AvgIpc) is 3.00. The summed E-state index contributed by atoms with van der Waals surface area (Å²) in [5.41, 5.74) is 7.48. The molecule has 1 aromatic carbocycles. The highest BCUT2D eigenvalue weighted by Crippen LogP contribution is 2.43. The number of nitrogens with zero attached hydrogens (tertiary/aromatic N) is 1. The van der Waals surface area contributed by atoms with E-state index in [0.29, 0.717) is 11.1 Å². The van der Waals surface area contributed by atoms with E-state index in [4.69, 9.17) is 10.7 Å². The maximum atomic E-state index is 11.5. The normalized spacial score (nSPS) is 28.9. The van der Waals surface area contributed by atoms with Crippen LogP contribution in [0.15, 0.2) is 18.2 Å². The van der Waals surface area contributed by atoms with Crippen molar-refractivity contribution in [1.29, 1.82) is 0 Å². The van der Waals surface area contributed by atoms with Gasteiger partial charge in [0.05, 0.1) is 16.6 Å². The van der Waals surface area contributed by atoms with Crippen LogP contribution in [0.3, 0.4) is 0 Å². The Labute approximate surface area is 117 Å². The Hall–Kier alpha value is -1.88. The standard InChI is InChI=1S/C15H18N4O/c16-13(20)10-4-1-5-11-12(10)19-14(18-11)15-6-2-3-9(7-15)8-17-15/h1,4-5,9,17H,2-3,6-8H2,(H2,16,20)(H,18,19)/t9-,15+/m1/s1. The fraction of sp³-hybridized carbons (Fsp3) is 0.467. The largest absolute Gasteiger partial charge is 0.366 e. The molecule has 2 atom stereocenters. The van der Waals surface area contributed by atoms with Crippen LogP contribution in [0.1, 0.15) is 41.9 Å². The number of nitrogens with two attached hydrogens (primary N) is 1. The zero-order valence-electron chi connectivity index (χ0n) is 11.3. The van der Waals surface area contributed by atoms with Crippen molar-refractivity contribution in [3.05, 3.63) is 29.6 Å². The lowest BCUT2D eigenvalue weighted by Crippen LogP contribution is -2.38. The summed E-state index contributed by atoms with van der Waals surface area (Å²) in [6.45, 7) is 1.07. The molecule has 2 aromatic rings. The molecule has 2 aliphatic rings. The second kappa shape index (κ2) is 4.06. The van der Waals surface area contributed by atoms with Crippen molar-refractivity contribution in [1.82, 2.24) is 15.3 Å². The topological polar surface area (TPSA) is 83.8 Å². The quantitative estimate of drug-likeness (QED) is 0.776. The van der Waals surface area contributed by atoms with Crippen LogP contribution in [-0.4, -0.2) is 22.4 Å². The lowest BCUT2D eigenvalue weighted by atomic mass is 9.80. The number of carbonyl (C=O) groups is 1. The molecular weight excluding hydrogens is 252 g/mol. The maximum Gasteiger partial charge on any atom is 0.250 e. The highest BCUT2D eigenvalue weighted by atomic mass is 16.1. The van der Waals surface area contributed by atoms with Gasteiger partial charge in [0.15, 0.2) is 0 Å². The molecule has 1 aliphatic heterocycles. The fourth-order valence-corrected chi connectivity index (χ4v) is 3.82. The molecule has 5 heteroatoms. The van der Waals surface area contributed by atoms with E-state index in [0.717, 1.165) is 36.6 Å². The lowest BCUT2D eigenvalue weighted by molar-refractivity contribution is 0.100. The molecule has 1 aromatic heterocycles. The number of H-pyrrole nitrogens is 1. The molecule has 104 valence electrons. The first-order valence-electron chi connectivity index (χ1n) is 7.22. The van der Waals surface area contributed by atoms with Gasteiger partial charge in [0.2, 0.25) is 0 Å². The van der Waals surface area contributed by atoms with Gasteiger partial charge in [-0.1, -0.05) is 12.5 Å². The van der Waals surface area contributed by atoms with Gasteiger partial charge in [0.25, 0.3) is 5.91 Å². The summed E-state index contributed by atoms with van der Waals surface area (Å²) >= 11 is 0. The Balaban J connectivity index is 1.85. The number of carbonyl (C=O) groups excluding carboxylic acids is 1. The molecule has 1 saturated heterocycles. The third kappa shape index (κ3) is 1.59. The number of para-hydroxylation sites is 1. The van der Waals surface area contributed by atoms with Crippen molar-refractivity contribution >= 4 is 16.9 Å². The number of hydrogen-bond donors (Lipinski definition) is 3. The number of amides is 1. The zero-order valence-corrected chi connectivity index (χ0v) is 11.3. The van der Waals surface area contributed by atoms with Gasteiger partial charge >= 0.3 is 0 Å². The third-order valence-corrected chi connectivity index (χ3v) is 4.81. The van der Waals surface area contributed by atoms with Gasteiger partial charge in [-0.25, -0.2) is 4.98 Å². The monoisotopic (exact) mass is 270 g/mol. The van der Waals surface area contributed by atoms with E-state index in [1.165, 1.54) is 12.8 Å². The minimum Gasteiger partial charge on any atom is -0.366 e. The molecular formula is C15H18N4O. The molecule has 2 fully saturated rings. The summed E-state index contributed by atoms with van der Waals surface area (Å²) in [6.07, 6.45) is 4.78. The number of primary amides is 1. The third-order valence-electron chi connectivity index (χ3n) is 4.81. The Morgan fingerprint density at radius 2 is 2.35 bits per heavy atom. The first-order valence-corrected chi connectivity index (χ1v) is 7.22. The lowest BCUT2D eigenvalue weighted by Gasteiger charge is -2.30. The van der Waals surface area contributed by atoms with Crippen molar-refractivity contribution in [2.75, 3.05) is 6.54 Å². The molecule has 20 heavy (non-hydrogen) atoms. The van der Waals surface area contributed by atoms with Crippen LogP contribution in [-0.2, 0) is 5.54 Å². The molecule has 4 rings (SSSR count). The van der Waals surface area contributed by atoms with Gasteiger partial charge in [0, 0.05) is 0 Å². The molecule has 2 heterocycles. The number of aromatic nitrogens is 2. The Morgan fingerprint density at radius 1 is 1.45 bits per heavy atom. The molecule has 5 nitrogen and oxygen atoms in total. The summed E-state index contributed by atoms with van der Waals surface area (Å²) < 4.78 is 0. The molecule has 4 N–H and O–H groups in total. The summed E-state index contributed by atoms with van der Waals surface area (Å²) in [4.78, 5) is 19.6. The van der Waals surface area contributed by atoms with Crippen molar-refractivity contribution in [2.45, 2.75) is 31.2 Å². The van der Waals surface area contributed by atoms with Gasteiger partial charge in [-0.2, -0.15) is 0 Å². The summed E-state index contributed by atoms with van der Waals surface area (Å²) in [5, 5.41) is 3.65. The second-order valence-electron chi connectivity index (χ2n) is 6.08. The van der Waals surface area contributed by atoms with Crippen LogP contribution in [0.4, 0.5) is 0 Å². The number of imidazole rings is 1. The maximum absolute atomic E-state index is 11.5. The minimum atomic E-state index is -0.424. The first-order chi connectivity index (χ1) is 9.68. The molecule has 1 saturated carbocycles. The average molecular weight is 270 g/mol. The predicted molar refractivity (Wildman–Crippen MR) is 76.3 cm³/mol. The van der Waals surface area contributed by atoms with E-state index >= 15 is 0 Å². The van der Waals surface area contributed by atoms with E-state index in [1.807, 2.05) is 12.1 Å². The number of hydrogen-bond acceptors (Lipinski definition) is 3. The number of nitrogens with one attached hydrogen (secondary N) is 2. The van der Waals surface area contributed by atoms with E-state index in [2.05, 4.69) is 10.3 Å². The van der Waals surface area contributed by atoms with Crippen LogP contribution in [0, 0.1) is 5.92 Å². The SMILES string of the molecule is NC(=O)c1cccc2[nH]c([C@@]34CCC[C@@H](CN3)C4)nc12. The number of rotatable bonds is 2. The number of fused-ring (bicyclic) bond motifs is 3. The van der Waals surface area contributed by atoms with Gasteiger partial charge in [-0.3, -0.25) is 4.79 Å². The van der Waals surface area contributed by atoms with Gasteiger partial charge < -0.3 is 16.0 Å². The van der Waals surface area contributed by atoms with Crippen molar-refractivity contribution < 1.29 is 4.79 Å². The highest BCUT2D eigenvalue weighted by molar-refractivity contribution is 6.04. The van der Waals surface area contributed by atoms with Crippen LogP contribution in [0.2, 0.25) is 0 Å². The number of aromatic amines is 1. The van der Waals surface area contributed by atoms with E-state index in [-0.39, 0.29) is 5.54 Å². The number of benzene rings is 1. The second-order valence-corrected chi connectivity index (χ2v) is 6.08. The smallest absolute Gasteiger partial charge is 0.250 e. The van der Waals surface area contributed by atoms with Crippen LogP contribution >= 0.6 is 0 Å². The Bertz CT molecular complexity index is 688. The first kappa shape index (κ1) is 11.9. The van der Waals surface area contributed by atoms with Crippen LogP contribution < -0.4 is 11.1 Å². The molecule has 0 spiro atoms. The molecule has 1 aliphatic carbocycles. The molecule has 0 unspecified atom stereocenters. The molecule has 2 bridgehead atoms. The van der Waals surface area contributed by atoms with Gasteiger partial charge in [-0.05, 0) is 43.9 Å². The summed E-state index contributed by atoms with van der Waals surface area (Å²) in [7, 11) is 0. The Morgan fingerprint density at radius 3 is 3.20 bits per heavy atom. The Kier molecular flexibility index (Phi) is 2.41. The fourth-order valence-electron chi connectivity index (χ4n) is 3.82. The van der Waals surface area contributed by atoms with Gasteiger partial charge in [0.1, 0.15) is 11.3 Å². The molecule has 0 radical (unpaired) electrons. The molecule has 1 amide bonds. The minimum absolute atomic E-state index is 0.0309. The van der Waals surface area contributed by atoms with Crippen molar-refractivity contribution in [3.8, 4) is 0 Å². The van der Waals surface area contributed by atoms with Crippen LogP contribution in [0.5, 0.6) is 0 Å². The van der Waals surface area contributed by atoms with E-state index in [9.17, 15) is 4.79 Å². The van der Waals surface area contributed by atoms with Gasteiger partial charge in [-0.15, -0.1) is 0 Å². The summed E-state index contributed by atoms with van der Waals surface area (Å²) in [5.74, 6) is 1.29. The predicted octanol–water partition coefficient (Wildman–Crippen LogP) is 1.65. The summed E-state index contributed by atoms with van der Waals surface area (Å²) in [6, 6.07) is 5.52. The van der Waals surface area contributed by atoms with Crippen molar-refractivity contribution in [3.63, 3.8) is 0 Å². The van der Waals surface area contributed by atoms with Crippen molar-refractivity contribution in [2.24, 2.45) is 11.7 Å². The van der Waals surface area contributed by atoms with E-state index < -0.39 is 5.91 Å². The zero-order chi connectivity index (χ0) is 13.7.